The van der Waals surface area contributed by atoms with Crippen molar-refractivity contribution in [3.05, 3.63) is 0 Å². The highest BCUT2D eigenvalue weighted by atomic mass is 15.2. The van der Waals surface area contributed by atoms with Gasteiger partial charge in [0.1, 0.15) is 0 Å². The molecule has 0 saturated carbocycles. The second-order valence-electron chi connectivity index (χ2n) is 4.91. The SMILES string of the molecule is CCCCN1CC2CNCC2C1CC. The van der Waals surface area contributed by atoms with Crippen LogP contribution in [0.3, 0.4) is 0 Å². The number of nitrogens with one attached hydrogen (secondary N) is 1. The molecule has 0 aromatic carbocycles. The lowest BCUT2D eigenvalue weighted by Crippen LogP contribution is -2.35. The van der Waals surface area contributed by atoms with E-state index in [2.05, 4.69) is 24.1 Å². The van der Waals surface area contributed by atoms with Gasteiger partial charge in [0.05, 0.1) is 0 Å². The van der Waals surface area contributed by atoms with Crippen molar-refractivity contribution in [3.63, 3.8) is 0 Å². The van der Waals surface area contributed by atoms with Gasteiger partial charge in [-0.25, -0.2) is 0 Å². The normalized spacial score (nSPS) is 37.7. The second kappa shape index (κ2) is 4.63. The Bertz CT molecular complexity index is 181. The van der Waals surface area contributed by atoms with E-state index in [4.69, 9.17) is 0 Å². The molecule has 2 aliphatic heterocycles. The van der Waals surface area contributed by atoms with Crippen molar-refractivity contribution >= 4 is 0 Å². The molecule has 2 fully saturated rings. The lowest BCUT2D eigenvalue weighted by molar-refractivity contribution is 0.215. The molecule has 0 bridgehead atoms. The topological polar surface area (TPSA) is 15.3 Å². The maximum atomic E-state index is 3.54. The van der Waals surface area contributed by atoms with Crippen LogP contribution in [-0.4, -0.2) is 37.1 Å². The first-order valence-electron chi connectivity index (χ1n) is 6.31. The van der Waals surface area contributed by atoms with E-state index < -0.39 is 0 Å². The lowest BCUT2D eigenvalue weighted by atomic mass is 9.93. The molecule has 2 heteroatoms. The number of hydrogen-bond donors (Lipinski definition) is 1. The van der Waals surface area contributed by atoms with Crippen molar-refractivity contribution in [2.45, 2.75) is 39.2 Å². The summed E-state index contributed by atoms with van der Waals surface area (Å²) in [6.07, 6.45) is 4.05. The van der Waals surface area contributed by atoms with Crippen LogP contribution in [0.25, 0.3) is 0 Å². The zero-order valence-electron chi connectivity index (χ0n) is 9.63. The molecule has 0 radical (unpaired) electrons. The van der Waals surface area contributed by atoms with Crippen molar-refractivity contribution in [1.82, 2.24) is 10.2 Å². The highest BCUT2D eigenvalue weighted by Crippen LogP contribution is 2.34. The highest BCUT2D eigenvalue weighted by molar-refractivity contribution is 4.97. The van der Waals surface area contributed by atoms with Gasteiger partial charge in [-0.15, -0.1) is 0 Å². The molecule has 0 spiro atoms. The molecule has 2 heterocycles. The third-order valence-corrected chi connectivity index (χ3v) is 4.04. The number of hydrogen-bond acceptors (Lipinski definition) is 2. The third-order valence-electron chi connectivity index (χ3n) is 4.04. The summed E-state index contributed by atoms with van der Waals surface area (Å²) in [5, 5.41) is 3.54. The van der Waals surface area contributed by atoms with E-state index in [9.17, 15) is 0 Å². The van der Waals surface area contributed by atoms with Crippen molar-refractivity contribution < 1.29 is 0 Å². The summed E-state index contributed by atoms with van der Waals surface area (Å²) in [6, 6.07) is 0.876. The molecular weight excluding hydrogens is 172 g/mol. The first kappa shape index (κ1) is 10.4. The second-order valence-corrected chi connectivity index (χ2v) is 4.91. The Balaban J connectivity index is 1.92. The number of likely N-dealkylation sites (tertiary alicyclic amines) is 1. The minimum absolute atomic E-state index is 0.876. The summed E-state index contributed by atoms with van der Waals surface area (Å²) in [7, 11) is 0. The Morgan fingerprint density at radius 3 is 2.86 bits per heavy atom. The largest absolute Gasteiger partial charge is 0.316 e. The molecule has 2 aliphatic rings. The van der Waals surface area contributed by atoms with Gasteiger partial charge < -0.3 is 5.32 Å². The van der Waals surface area contributed by atoms with Crippen LogP contribution in [0.15, 0.2) is 0 Å². The number of nitrogens with zero attached hydrogens (tertiary/aromatic N) is 1. The molecule has 14 heavy (non-hydrogen) atoms. The molecule has 3 unspecified atom stereocenters. The molecular formula is C12H24N2. The summed E-state index contributed by atoms with van der Waals surface area (Å²) < 4.78 is 0. The van der Waals surface area contributed by atoms with Crippen molar-refractivity contribution in [2.75, 3.05) is 26.2 Å². The van der Waals surface area contributed by atoms with Gasteiger partial charge in [-0.05, 0) is 44.3 Å². The lowest BCUT2D eigenvalue weighted by Gasteiger charge is -2.26. The fraction of sp³-hybridized carbons (Fsp3) is 1.00. The fourth-order valence-electron chi connectivity index (χ4n) is 3.29. The van der Waals surface area contributed by atoms with Crippen LogP contribution < -0.4 is 5.32 Å². The summed E-state index contributed by atoms with van der Waals surface area (Å²) in [5.74, 6) is 1.91. The van der Waals surface area contributed by atoms with Gasteiger partial charge in [0.15, 0.2) is 0 Å². The van der Waals surface area contributed by atoms with E-state index in [0.29, 0.717) is 0 Å². The molecule has 0 amide bonds. The molecule has 0 aromatic heterocycles. The van der Waals surface area contributed by atoms with E-state index in [0.717, 1.165) is 17.9 Å². The number of fused-ring (bicyclic) bond motifs is 1. The van der Waals surface area contributed by atoms with Crippen LogP contribution in [-0.2, 0) is 0 Å². The van der Waals surface area contributed by atoms with Gasteiger partial charge in [0.25, 0.3) is 0 Å². The van der Waals surface area contributed by atoms with Crippen LogP contribution in [0, 0.1) is 11.8 Å². The standard InChI is InChI=1S/C12H24N2/c1-3-5-6-14-9-10-7-13-8-11(10)12(14)4-2/h10-13H,3-9H2,1-2H3. The maximum absolute atomic E-state index is 3.54. The van der Waals surface area contributed by atoms with Gasteiger partial charge >= 0.3 is 0 Å². The zero-order valence-corrected chi connectivity index (χ0v) is 9.63. The van der Waals surface area contributed by atoms with Crippen LogP contribution >= 0.6 is 0 Å². The smallest absolute Gasteiger partial charge is 0.0137 e. The summed E-state index contributed by atoms with van der Waals surface area (Å²) >= 11 is 0. The minimum Gasteiger partial charge on any atom is -0.316 e. The maximum Gasteiger partial charge on any atom is 0.0137 e. The molecule has 2 rings (SSSR count). The summed E-state index contributed by atoms with van der Waals surface area (Å²) in [4.78, 5) is 2.75. The zero-order chi connectivity index (χ0) is 9.97. The first-order valence-corrected chi connectivity index (χ1v) is 6.31. The van der Waals surface area contributed by atoms with Crippen molar-refractivity contribution in [2.24, 2.45) is 11.8 Å². The van der Waals surface area contributed by atoms with Crippen LogP contribution in [0.1, 0.15) is 33.1 Å². The average molecular weight is 196 g/mol. The van der Waals surface area contributed by atoms with Gasteiger partial charge in [0.2, 0.25) is 0 Å². The van der Waals surface area contributed by atoms with E-state index >= 15 is 0 Å². The molecule has 0 aliphatic carbocycles. The van der Waals surface area contributed by atoms with Gasteiger partial charge in [-0.1, -0.05) is 20.3 Å². The summed E-state index contributed by atoms with van der Waals surface area (Å²) in [6.45, 7) is 9.87. The Kier molecular flexibility index (Phi) is 3.45. The van der Waals surface area contributed by atoms with E-state index in [1.807, 2.05) is 0 Å². The summed E-state index contributed by atoms with van der Waals surface area (Å²) in [5.41, 5.74) is 0. The quantitative estimate of drug-likeness (QED) is 0.736. The molecule has 1 N–H and O–H groups in total. The predicted octanol–water partition coefficient (Wildman–Crippen LogP) is 1.72. The van der Waals surface area contributed by atoms with Gasteiger partial charge in [-0.2, -0.15) is 0 Å². The fourth-order valence-corrected chi connectivity index (χ4v) is 3.29. The molecule has 3 atom stereocenters. The average Bonchev–Trinajstić information content (AvgIpc) is 2.73. The third kappa shape index (κ3) is 1.82. The molecule has 0 aromatic rings. The van der Waals surface area contributed by atoms with Crippen molar-refractivity contribution in [3.8, 4) is 0 Å². The van der Waals surface area contributed by atoms with E-state index in [-0.39, 0.29) is 0 Å². The predicted molar refractivity (Wildman–Crippen MR) is 60.4 cm³/mol. The Morgan fingerprint density at radius 2 is 2.14 bits per heavy atom. The van der Waals surface area contributed by atoms with Crippen LogP contribution in [0.4, 0.5) is 0 Å². The van der Waals surface area contributed by atoms with Gasteiger partial charge in [-0.3, -0.25) is 4.90 Å². The van der Waals surface area contributed by atoms with E-state index in [1.165, 1.54) is 45.4 Å². The highest BCUT2D eigenvalue weighted by Gasteiger charge is 2.42. The van der Waals surface area contributed by atoms with E-state index in [1.54, 1.807) is 0 Å². The molecule has 82 valence electrons. The number of rotatable bonds is 4. The first-order chi connectivity index (χ1) is 6.86. The monoisotopic (exact) mass is 196 g/mol. The Labute approximate surface area is 88.1 Å². The molecule has 2 nitrogen and oxygen atoms in total. The Hall–Kier alpha value is -0.0800. The Morgan fingerprint density at radius 1 is 1.29 bits per heavy atom. The van der Waals surface area contributed by atoms with Crippen molar-refractivity contribution in [1.29, 1.82) is 0 Å². The van der Waals surface area contributed by atoms with Gasteiger partial charge in [0, 0.05) is 12.6 Å². The molecule has 2 saturated heterocycles. The minimum atomic E-state index is 0.876. The number of unbranched alkanes of at least 4 members (excludes halogenated alkanes) is 1. The van der Waals surface area contributed by atoms with Crippen LogP contribution in [0.5, 0.6) is 0 Å². The van der Waals surface area contributed by atoms with Crippen LogP contribution in [0.2, 0.25) is 0 Å².